The molecule has 2 aromatic rings. The highest BCUT2D eigenvalue weighted by atomic mass is 16.6. The highest BCUT2D eigenvalue weighted by molar-refractivity contribution is 5.90. The van der Waals surface area contributed by atoms with Gasteiger partial charge in [-0.15, -0.1) is 0 Å². The van der Waals surface area contributed by atoms with Crippen LogP contribution >= 0.6 is 0 Å². The Morgan fingerprint density at radius 2 is 1.85 bits per heavy atom. The van der Waals surface area contributed by atoms with Crippen LogP contribution in [0.5, 0.6) is 0 Å². The zero-order chi connectivity index (χ0) is 14.5. The summed E-state index contributed by atoms with van der Waals surface area (Å²) in [4.78, 5) is 10.2. The van der Waals surface area contributed by atoms with Crippen LogP contribution < -0.4 is 0 Å². The van der Waals surface area contributed by atoms with Crippen molar-refractivity contribution in [2.24, 2.45) is 0 Å². The average molecular weight is 264 g/mol. The van der Waals surface area contributed by atoms with Crippen molar-refractivity contribution in [2.45, 2.75) is 6.92 Å². The molecule has 0 bridgehead atoms. The molecular weight excluding hydrogens is 252 g/mol. The first kappa shape index (κ1) is 13.5. The molecular formula is C16H12N2O2. The summed E-state index contributed by atoms with van der Waals surface area (Å²) >= 11 is 0. The Morgan fingerprint density at radius 3 is 2.40 bits per heavy atom. The van der Waals surface area contributed by atoms with E-state index in [0.717, 1.165) is 11.1 Å². The fourth-order valence-corrected chi connectivity index (χ4v) is 1.85. The quantitative estimate of drug-likeness (QED) is 0.364. The third-order valence-electron chi connectivity index (χ3n) is 3.00. The summed E-state index contributed by atoms with van der Waals surface area (Å²) in [5, 5.41) is 19.9. The second kappa shape index (κ2) is 5.81. The highest BCUT2D eigenvalue weighted by Gasteiger charge is 2.07. The summed E-state index contributed by atoms with van der Waals surface area (Å²) in [5.41, 5.74) is 3.20. The molecule has 0 aliphatic heterocycles. The Labute approximate surface area is 116 Å². The van der Waals surface area contributed by atoms with Crippen LogP contribution in [0.1, 0.15) is 16.7 Å². The fourth-order valence-electron chi connectivity index (χ4n) is 1.85. The maximum atomic E-state index is 10.6. The minimum absolute atomic E-state index is 0.0157. The zero-order valence-corrected chi connectivity index (χ0v) is 10.9. The molecule has 2 rings (SSSR count). The van der Waals surface area contributed by atoms with E-state index in [-0.39, 0.29) is 5.69 Å². The van der Waals surface area contributed by atoms with Crippen LogP contribution in [0.2, 0.25) is 0 Å². The van der Waals surface area contributed by atoms with Crippen LogP contribution in [0.4, 0.5) is 5.69 Å². The second-order valence-electron chi connectivity index (χ2n) is 4.33. The molecule has 0 N–H and O–H groups in total. The Hall–Kier alpha value is -2.93. The second-order valence-corrected chi connectivity index (χ2v) is 4.33. The van der Waals surface area contributed by atoms with Crippen LogP contribution in [0.3, 0.4) is 0 Å². The van der Waals surface area contributed by atoms with Gasteiger partial charge in [0.2, 0.25) is 0 Å². The number of nitriles is 1. The van der Waals surface area contributed by atoms with Gasteiger partial charge in [-0.1, -0.05) is 24.3 Å². The van der Waals surface area contributed by atoms with Crippen molar-refractivity contribution in [2.75, 3.05) is 0 Å². The van der Waals surface area contributed by atoms with Gasteiger partial charge in [0.25, 0.3) is 5.69 Å². The van der Waals surface area contributed by atoms with E-state index in [1.165, 1.54) is 12.1 Å². The molecule has 0 atom stereocenters. The van der Waals surface area contributed by atoms with Crippen molar-refractivity contribution >= 4 is 17.3 Å². The predicted molar refractivity (Wildman–Crippen MR) is 77.8 cm³/mol. The Kier molecular flexibility index (Phi) is 3.92. The van der Waals surface area contributed by atoms with E-state index in [2.05, 4.69) is 6.07 Å². The molecule has 0 spiro atoms. The van der Waals surface area contributed by atoms with Crippen molar-refractivity contribution in [3.8, 4) is 6.07 Å². The Bertz CT molecular complexity index is 710. The number of non-ortho nitro benzene ring substituents is 1. The molecule has 0 aliphatic rings. The van der Waals surface area contributed by atoms with Crippen LogP contribution in [-0.2, 0) is 0 Å². The van der Waals surface area contributed by atoms with E-state index in [9.17, 15) is 15.4 Å². The van der Waals surface area contributed by atoms with E-state index in [1.807, 2.05) is 31.2 Å². The number of aryl methyl sites for hydroxylation is 1. The average Bonchev–Trinajstić information content (AvgIpc) is 2.46. The molecule has 0 aromatic heterocycles. The highest BCUT2D eigenvalue weighted by Crippen LogP contribution is 2.21. The molecule has 0 aliphatic carbocycles. The van der Waals surface area contributed by atoms with E-state index in [0.29, 0.717) is 11.1 Å². The lowest BCUT2D eigenvalue weighted by Gasteiger charge is -2.02. The molecule has 0 amide bonds. The minimum Gasteiger partial charge on any atom is -0.258 e. The number of allylic oxidation sites excluding steroid dienone is 1. The van der Waals surface area contributed by atoms with Gasteiger partial charge in [-0.2, -0.15) is 5.26 Å². The van der Waals surface area contributed by atoms with E-state index < -0.39 is 4.92 Å². The smallest absolute Gasteiger partial charge is 0.258 e. The van der Waals surface area contributed by atoms with E-state index >= 15 is 0 Å². The van der Waals surface area contributed by atoms with Gasteiger partial charge in [-0.25, -0.2) is 0 Å². The molecule has 0 saturated heterocycles. The lowest BCUT2D eigenvalue weighted by atomic mass is 10.0. The van der Waals surface area contributed by atoms with Crippen molar-refractivity contribution in [3.63, 3.8) is 0 Å². The molecule has 4 heteroatoms. The number of hydrogen-bond donors (Lipinski definition) is 0. The number of hydrogen-bond acceptors (Lipinski definition) is 3. The number of nitro groups is 1. The molecule has 0 radical (unpaired) electrons. The first-order chi connectivity index (χ1) is 9.61. The third kappa shape index (κ3) is 2.90. The maximum absolute atomic E-state index is 10.6. The van der Waals surface area contributed by atoms with Crippen molar-refractivity contribution < 1.29 is 4.92 Å². The molecule has 0 fully saturated rings. The monoisotopic (exact) mass is 264 g/mol. The summed E-state index contributed by atoms with van der Waals surface area (Å²) in [6.07, 6.45) is 1.79. The largest absolute Gasteiger partial charge is 0.269 e. The van der Waals surface area contributed by atoms with Gasteiger partial charge in [0.15, 0.2) is 0 Å². The SMILES string of the molecule is Cc1ccccc1C=C(C#N)c1ccc([N+](=O)[O-])cc1. The Morgan fingerprint density at radius 1 is 1.20 bits per heavy atom. The maximum Gasteiger partial charge on any atom is 0.269 e. The van der Waals surface area contributed by atoms with Crippen LogP contribution in [0, 0.1) is 28.4 Å². The molecule has 4 nitrogen and oxygen atoms in total. The normalized spacial score (nSPS) is 10.9. The summed E-state index contributed by atoms with van der Waals surface area (Å²) < 4.78 is 0. The molecule has 0 heterocycles. The standard InChI is InChI=1S/C16H12N2O2/c1-12-4-2-3-5-14(12)10-15(11-17)13-6-8-16(9-7-13)18(19)20/h2-10H,1H3. The van der Waals surface area contributed by atoms with Crippen LogP contribution in [-0.4, -0.2) is 4.92 Å². The van der Waals surface area contributed by atoms with Gasteiger partial charge >= 0.3 is 0 Å². The predicted octanol–water partition coefficient (Wildman–Crippen LogP) is 3.97. The van der Waals surface area contributed by atoms with Gasteiger partial charge < -0.3 is 0 Å². The van der Waals surface area contributed by atoms with Crippen molar-refractivity contribution in [1.29, 1.82) is 5.26 Å². The molecule has 98 valence electrons. The number of rotatable bonds is 3. The van der Waals surface area contributed by atoms with Gasteiger partial charge in [-0.05, 0) is 41.8 Å². The number of benzene rings is 2. The fraction of sp³-hybridized carbons (Fsp3) is 0.0625. The summed E-state index contributed by atoms with van der Waals surface area (Å²) in [7, 11) is 0. The lowest BCUT2D eigenvalue weighted by molar-refractivity contribution is -0.384. The topological polar surface area (TPSA) is 66.9 Å². The first-order valence-electron chi connectivity index (χ1n) is 6.04. The molecule has 20 heavy (non-hydrogen) atoms. The Balaban J connectivity index is 2.41. The summed E-state index contributed by atoms with van der Waals surface area (Å²) in [6.45, 7) is 1.97. The van der Waals surface area contributed by atoms with Gasteiger partial charge in [0.1, 0.15) is 0 Å². The van der Waals surface area contributed by atoms with Crippen LogP contribution in [0.25, 0.3) is 11.6 Å². The summed E-state index contributed by atoms with van der Waals surface area (Å²) in [5.74, 6) is 0. The van der Waals surface area contributed by atoms with Gasteiger partial charge in [0.05, 0.1) is 16.6 Å². The summed E-state index contributed by atoms with van der Waals surface area (Å²) in [6, 6.07) is 15.9. The van der Waals surface area contributed by atoms with Crippen LogP contribution in [0.15, 0.2) is 48.5 Å². The van der Waals surface area contributed by atoms with E-state index in [4.69, 9.17) is 0 Å². The third-order valence-corrected chi connectivity index (χ3v) is 3.00. The first-order valence-corrected chi connectivity index (χ1v) is 6.04. The minimum atomic E-state index is -0.457. The van der Waals surface area contributed by atoms with E-state index in [1.54, 1.807) is 18.2 Å². The van der Waals surface area contributed by atoms with Crippen molar-refractivity contribution in [3.05, 3.63) is 75.3 Å². The zero-order valence-electron chi connectivity index (χ0n) is 10.9. The number of nitrogens with zero attached hydrogens (tertiary/aromatic N) is 2. The molecule has 2 aromatic carbocycles. The molecule has 0 saturated carbocycles. The van der Waals surface area contributed by atoms with Gasteiger partial charge in [0, 0.05) is 12.1 Å². The molecule has 0 unspecified atom stereocenters. The lowest BCUT2D eigenvalue weighted by Crippen LogP contribution is -1.89. The van der Waals surface area contributed by atoms with Crippen molar-refractivity contribution in [1.82, 2.24) is 0 Å². The van der Waals surface area contributed by atoms with Gasteiger partial charge in [-0.3, -0.25) is 10.1 Å². The number of nitro benzene ring substituents is 1.